The number of amides is 1. The number of phenols is 1. The first-order valence-corrected chi connectivity index (χ1v) is 11.0. The molecule has 0 atom stereocenters. The number of anilines is 1. The highest BCUT2D eigenvalue weighted by Gasteiger charge is 2.25. The fourth-order valence-corrected chi connectivity index (χ4v) is 4.78. The zero-order chi connectivity index (χ0) is 21.5. The summed E-state index contributed by atoms with van der Waals surface area (Å²) in [6.45, 7) is 0. The molecule has 4 nitrogen and oxygen atoms in total. The van der Waals surface area contributed by atoms with Crippen LogP contribution in [0.1, 0.15) is 11.1 Å². The molecule has 0 spiro atoms. The summed E-state index contributed by atoms with van der Waals surface area (Å²) in [5.41, 5.74) is 5.46. The number of nitrogens with one attached hydrogen (secondary N) is 1. The van der Waals surface area contributed by atoms with E-state index in [1.165, 1.54) is 0 Å². The SMILES string of the molecule is O=C1Nc2ccc(-c3csc(-c4ccccc4)n3)cc2C1=Cc1cc(Cl)c(O)c(Cl)c1. The molecule has 1 aliphatic rings. The van der Waals surface area contributed by atoms with Crippen molar-refractivity contribution in [3.8, 4) is 27.6 Å². The molecule has 3 aromatic carbocycles. The number of halogens is 2. The number of aromatic nitrogens is 1. The number of hydrogen-bond donors (Lipinski definition) is 2. The summed E-state index contributed by atoms with van der Waals surface area (Å²) in [5.74, 6) is -0.391. The Hall–Kier alpha value is -3.12. The molecule has 2 N–H and O–H groups in total. The van der Waals surface area contributed by atoms with Crippen molar-refractivity contribution < 1.29 is 9.90 Å². The van der Waals surface area contributed by atoms with E-state index in [2.05, 4.69) is 5.32 Å². The van der Waals surface area contributed by atoms with Crippen molar-refractivity contribution >= 4 is 57.8 Å². The fourth-order valence-electron chi connectivity index (χ4n) is 3.45. The summed E-state index contributed by atoms with van der Waals surface area (Å²) in [6.07, 6.45) is 1.71. The first-order valence-electron chi connectivity index (χ1n) is 9.36. The molecule has 5 rings (SSSR count). The summed E-state index contributed by atoms with van der Waals surface area (Å²) in [6, 6.07) is 18.9. The summed E-state index contributed by atoms with van der Waals surface area (Å²) >= 11 is 13.6. The Morgan fingerprint density at radius 3 is 2.45 bits per heavy atom. The average Bonchev–Trinajstić information content (AvgIpc) is 3.38. The van der Waals surface area contributed by atoms with Crippen molar-refractivity contribution in [3.05, 3.63) is 87.2 Å². The van der Waals surface area contributed by atoms with Crippen molar-refractivity contribution in [2.75, 3.05) is 5.32 Å². The van der Waals surface area contributed by atoms with Gasteiger partial charge in [0.25, 0.3) is 5.91 Å². The Bertz CT molecular complexity index is 1340. The van der Waals surface area contributed by atoms with Gasteiger partial charge in [-0.2, -0.15) is 0 Å². The average molecular weight is 465 g/mol. The highest BCUT2D eigenvalue weighted by Crippen LogP contribution is 2.39. The van der Waals surface area contributed by atoms with Gasteiger partial charge in [0, 0.05) is 33.3 Å². The quantitative estimate of drug-likeness (QED) is 0.321. The predicted octanol–water partition coefficient (Wildman–Crippen LogP) is 6.98. The summed E-state index contributed by atoms with van der Waals surface area (Å²) in [7, 11) is 0. The largest absolute Gasteiger partial charge is 0.505 e. The number of rotatable bonds is 3. The second-order valence-corrected chi connectivity index (χ2v) is 8.68. The molecule has 4 aromatic rings. The van der Waals surface area contributed by atoms with Crippen LogP contribution in [0.4, 0.5) is 5.69 Å². The molecule has 0 saturated heterocycles. The molecule has 1 aromatic heterocycles. The number of aromatic hydroxyl groups is 1. The first kappa shape index (κ1) is 19.8. The second-order valence-electron chi connectivity index (χ2n) is 7.01. The zero-order valence-corrected chi connectivity index (χ0v) is 18.2. The van der Waals surface area contributed by atoms with Crippen molar-refractivity contribution in [1.29, 1.82) is 0 Å². The Morgan fingerprint density at radius 1 is 0.968 bits per heavy atom. The molecule has 0 aliphatic carbocycles. The number of nitrogens with zero attached hydrogens (tertiary/aromatic N) is 1. The van der Waals surface area contributed by atoms with Gasteiger partial charge in [-0.25, -0.2) is 4.98 Å². The van der Waals surface area contributed by atoms with Crippen LogP contribution in [0.2, 0.25) is 10.0 Å². The van der Waals surface area contributed by atoms with Crippen molar-refractivity contribution in [2.24, 2.45) is 0 Å². The number of thiazole rings is 1. The highest BCUT2D eigenvalue weighted by atomic mass is 35.5. The number of phenolic OH excluding ortho intramolecular Hbond substituents is 1. The third-order valence-corrected chi connectivity index (χ3v) is 6.44. The lowest BCUT2D eigenvalue weighted by Crippen LogP contribution is -2.03. The molecule has 0 unspecified atom stereocenters. The van der Waals surface area contributed by atoms with E-state index in [1.807, 2.05) is 53.9 Å². The van der Waals surface area contributed by atoms with E-state index >= 15 is 0 Å². The Labute approximate surface area is 192 Å². The molecule has 152 valence electrons. The van der Waals surface area contributed by atoms with Crippen LogP contribution < -0.4 is 5.32 Å². The maximum atomic E-state index is 12.6. The van der Waals surface area contributed by atoms with Gasteiger partial charge in [0.15, 0.2) is 5.75 Å². The monoisotopic (exact) mass is 464 g/mol. The van der Waals surface area contributed by atoms with Crippen molar-refractivity contribution in [2.45, 2.75) is 0 Å². The molecule has 0 bridgehead atoms. The molecule has 2 heterocycles. The van der Waals surface area contributed by atoms with Gasteiger partial charge in [0.1, 0.15) is 5.01 Å². The van der Waals surface area contributed by atoms with Crippen LogP contribution in [0.25, 0.3) is 33.5 Å². The van der Waals surface area contributed by atoms with Gasteiger partial charge < -0.3 is 10.4 Å². The van der Waals surface area contributed by atoms with Crippen LogP contribution in [-0.2, 0) is 4.79 Å². The standard InChI is InChI=1S/C24H14Cl2N2O2S/c25-18-9-13(10-19(26)22(18)29)8-17-16-11-15(6-7-20(16)27-23(17)30)21-12-31-24(28-21)14-4-2-1-3-5-14/h1-12,29H,(H,27,30). The molecule has 7 heteroatoms. The van der Waals surface area contributed by atoms with Crippen LogP contribution in [0.15, 0.2) is 66.0 Å². The third kappa shape index (κ3) is 3.72. The van der Waals surface area contributed by atoms with E-state index in [1.54, 1.807) is 29.5 Å². The van der Waals surface area contributed by atoms with Crippen LogP contribution >= 0.6 is 34.5 Å². The lowest BCUT2D eigenvalue weighted by atomic mass is 10.0. The maximum Gasteiger partial charge on any atom is 0.256 e. The molecular formula is C24H14Cl2N2O2S. The van der Waals surface area contributed by atoms with E-state index in [9.17, 15) is 9.90 Å². The topological polar surface area (TPSA) is 62.2 Å². The van der Waals surface area contributed by atoms with Gasteiger partial charge in [0.05, 0.1) is 15.7 Å². The zero-order valence-electron chi connectivity index (χ0n) is 15.9. The predicted molar refractivity (Wildman–Crippen MR) is 128 cm³/mol. The second kappa shape index (κ2) is 7.85. The van der Waals surface area contributed by atoms with Gasteiger partial charge in [-0.15, -0.1) is 11.3 Å². The fraction of sp³-hybridized carbons (Fsp3) is 0. The molecule has 1 aliphatic heterocycles. The van der Waals surface area contributed by atoms with Crippen LogP contribution in [0, 0.1) is 0 Å². The highest BCUT2D eigenvalue weighted by molar-refractivity contribution is 7.13. The molecule has 0 saturated carbocycles. The van der Waals surface area contributed by atoms with E-state index in [-0.39, 0.29) is 21.7 Å². The van der Waals surface area contributed by atoms with Crippen LogP contribution in [0.3, 0.4) is 0 Å². The Balaban J connectivity index is 1.54. The maximum absolute atomic E-state index is 12.6. The van der Waals surface area contributed by atoms with Gasteiger partial charge in [0.2, 0.25) is 0 Å². The number of fused-ring (bicyclic) bond motifs is 1. The van der Waals surface area contributed by atoms with Crippen molar-refractivity contribution in [3.63, 3.8) is 0 Å². The molecule has 0 fully saturated rings. The Morgan fingerprint density at radius 2 is 1.71 bits per heavy atom. The van der Waals surface area contributed by atoms with Gasteiger partial charge in [-0.05, 0) is 35.9 Å². The minimum Gasteiger partial charge on any atom is -0.505 e. The lowest BCUT2D eigenvalue weighted by molar-refractivity contribution is -0.110. The summed E-state index contributed by atoms with van der Waals surface area (Å²) in [5, 5.41) is 15.9. The molecule has 1 amide bonds. The normalized spacial score (nSPS) is 14.0. The first-order chi connectivity index (χ1) is 15.0. The smallest absolute Gasteiger partial charge is 0.256 e. The molecular weight excluding hydrogens is 451 g/mol. The van der Waals surface area contributed by atoms with E-state index in [0.29, 0.717) is 11.1 Å². The molecule has 0 radical (unpaired) electrons. The summed E-state index contributed by atoms with van der Waals surface area (Å²) in [4.78, 5) is 17.4. The van der Waals surface area contributed by atoms with Crippen LogP contribution in [-0.4, -0.2) is 16.0 Å². The van der Waals surface area contributed by atoms with Crippen molar-refractivity contribution in [1.82, 2.24) is 4.98 Å². The minimum absolute atomic E-state index is 0.127. The number of hydrogen-bond acceptors (Lipinski definition) is 4. The van der Waals surface area contributed by atoms with E-state index in [4.69, 9.17) is 28.2 Å². The molecule has 31 heavy (non-hydrogen) atoms. The summed E-state index contributed by atoms with van der Waals surface area (Å²) < 4.78 is 0. The van der Waals surface area contributed by atoms with Crippen LogP contribution in [0.5, 0.6) is 5.75 Å². The number of carbonyl (C=O) groups excluding carboxylic acids is 1. The van der Waals surface area contributed by atoms with Gasteiger partial charge >= 0.3 is 0 Å². The minimum atomic E-state index is -0.212. The van der Waals surface area contributed by atoms with E-state index in [0.717, 1.165) is 33.1 Å². The number of carbonyl (C=O) groups is 1. The van der Waals surface area contributed by atoms with E-state index < -0.39 is 0 Å². The number of benzene rings is 3. The van der Waals surface area contributed by atoms with Gasteiger partial charge in [-0.1, -0.05) is 59.6 Å². The Kier molecular flexibility index (Phi) is 5.02. The van der Waals surface area contributed by atoms with Gasteiger partial charge in [-0.3, -0.25) is 4.79 Å². The lowest BCUT2D eigenvalue weighted by Gasteiger charge is -2.04. The third-order valence-electron chi connectivity index (χ3n) is 4.97.